The Bertz CT molecular complexity index is 1110. The van der Waals surface area contributed by atoms with Gasteiger partial charge in [0.15, 0.2) is 0 Å². The van der Waals surface area contributed by atoms with E-state index in [1.165, 1.54) is 49.0 Å². The maximum absolute atomic E-state index is 4.41. The van der Waals surface area contributed by atoms with E-state index in [1.807, 2.05) is 6.08 Å². The fourth-order valence-corrected chi connectivity index (χ4v) is 3.74. The molecule has 0 nitrogen and oxygen atoms in total. The first-order valence-electron chi connectivity index (χ1n) is 7.62. The molecule has 4 aromatic carbocycles. The lowest BCUT2D eigenvalue weighted by Crippen LogP contribution is -2.06. The van der Waals surface area contributed by atoms with Gasteiger partial charge in [0.2, 0.25) is 0 Å². The molecule has 0 heterocycles. The summed E-state index contributed by atoms with van der Waals surface area (Å²) in [5, 5.41) is 8.84. The fraction of sp³-hybridized carbons (Fsp3) is 0.0909. The van der Waals surface area contributed by atoms with Crippen LogP contribution in [-0.4, -0.2) is 0 Å². The molecule has 4 aromatic rings. The molecule has 106 valence electrons. The van der Waals surface area contributed by atoms with E-state index >= 15 is 0 Å². The van der Waals surface area contributed by atoms with Gasteiger partial charge in [-0.3, -0.25) is 0 Å². The monoisotopic (exact) mass is 282 g/mol. The number of benzene rings is 4. The average molecular weight is 282 g/mol. The lowest BCUT2D eigenvalue weighted by Gasteiger charge is -2.15. The minimum Gasteiger partial charge on any atom is -0.0984 e. The van der Waals surface area contributed by atoms with Crippen LogP contribution in [-0.2, 0) is 0 Å². The average Bonchev–Trinajstić information content (AvgIpc) is 2.53. The maximum atomic E-state index is 4.41. The van der Waals surface area contributed by atoms with E-state index in [-0.39, 0.29) is 0 Å². The normalized spacial score (nSPS) is 11.5. The zero-order valence-corrected chi connectivity index (χ0v) is 13.0. The highest BCUT2D eigenvalue weighted by atomic mass is 14.2. The summed E-state index contributed by atoms with van der Waals surface area (Å²) in [6.45, 7) is 12.8. The molecule has 0 bridgehead atoms. The first-order valence-corrected chi connectivity index (χ1v) is 7.62. The lowest BCUT2D eigenvalue weighted by molar-refractivity contribution is 1.48. The van der Waals surface area contributed by atoms with Crippen LogP contribution in [0.5, 0.6) is 0 Å². The Labute approximate surface area is 130 Å². The van der Waals surface area contributed by atoms with Crippen LogP contribution in [0.3, 0.4) is 0 Å². The summed E-state index contributed by atoms with van der Waals surface area (Å²) in [6.07, 6.45) is 1.96. The third kappa shape index (κ3) is 1.52. The van der Waals surface area contributed by atoms with Crippen molar-refractivity contribution < 1.29 is 0 Å². The zero-order chi connectivity index (χ0) is 15.4. The molecule has 0 saturated heterocycles. The van der Waals surface area contributed by atoms with Crippen molar-refractivity contribution in [2.75, 3.05) is 0 Å². The molecule has 0 amide bonds. The third-order valence-corrected chi connectivity index (χ3v) is 4.82. The van der Waals surface area contributed by atoms with Crippen LogP contribution in [0.25, 0.3) is 45.0 Å². The van der Waals surface area contributed by atoms with E-state index in [2.05, 4.69) is 69.5 Å². The van der Waals surface area contributed by atoms with Gasteiger partial charge >= 0.3 is 0 Å². The zero-order valence-electron chi connectivity index (χ0n) is 13.0. The highest BCUT2D eigenvalue weighted by molar-refractivity contribution is 6.23. The molecule has 0 unspecified atom stereocenters. The molecule has 0 heteroatoms. The van der Waals surface area contributed by atoms with Gasteiger partial charge in [-0.15, -0.1) is 0 Å². The van der Waals surface area contributed by atoms with Gasteiger partial charge in [0.05, 0.1) is 0 Å². The van der Waals surface area contributed by atoms with E-state index in [0.717, 1.165) is 5.22 Å². The highest BCUT2D eigenvalue weighted by Gasteiger charge is 2.13. The maximum Gasteiger partial charge on any atom is -0.00239 e. The van der Waals surface area contributed by atoms with Crippen molar-refractivity contribution in [2.24, 2.45) is 0 Å². The summed E-state index contributed by atoms with van der Waals surface area (Å²) in [4.78, 5) is 0. The Morgan fingerprint density at radius 1 is 0.773 bits per heavy atom. The van der Waals surface area contributed by atoms with Gasteiger partial charge in [-0.25, -0.2) is 0 Å². The summed E-state index contributed by atoms with van der Waals surface area (Å²) in [5.41, 5.74) is 3.76. The second-order valence-electron chi connectivity index (χ2n) is 6.06. The molecule has 0 fully saturated rings. The van der Waals surface area contributed by atoms with Crippen LogP contribution in [0.15, 0.2) is 49.0 Å². The topological polar surface area (TPSA) is 0 Å². The van der Waals surface area contributed by atoms with Crippen molar-refractivity contribution in [3.63, 3.8) is 0 Å². The summed E-state index contributed by atoms with van der Waals surface area (Å²) >= 11 is 0. The van der Waals surface area contributed by atoms with Crippen LogP contribution in [0.4, 0.5) is 0 Å². The smallest absolute Gasteiger partial charge is 0.00239 e. The summed E-state index contributed by atoms with van der Waals surface area (Å²) in [5.74, 6) is 0. The van der Waals surface area contributed by atoms with Gasteiger partial charge in [-0.1, -0.05) is 61.7 Å². The first-order chi connectivity index (χ1) is 10.6. The Hall–Kier alpha value is -2.60. The molecule has 22 heavy (non-hydrogen) atoms. The highest BCUT2D eigenvalue weighted by Crippen LogP contribution is 2.35. The van der Waals surface area contributed by atoms with Crippen LogP contribution in [0, 0.1) is 13.8 Å². The lowest BCUT2D eigenvalue weighted by atomic mass is 9.88. The molecule has 0 N–H and O–H groups in total. The minimum atomic E-state index is 1.11. The molecule has 0 saturated carbocycles. The fourth-order valence-electron chi connectivity index (χ4n) is 3.74. The quantitative estimate of drug-likeness (QED) is 0.318. The summed E-state index contributed by atoms with van der Waals surface area (Å²) in [7, 11) is 0. The van der Waals surface area contributed by atoms with Gasteiger partial charge in [-0.05, 0) is 68.1 Å². The Morgan fingerprint density at radius 2 is 1.55 bits per heavy atom. The molecule has 4 rings (SSSR count). The van der Waals surface area contributed by atoms with Crippen LogP contribution >= 0.6 is 0 Å². The number of hydrogen-bond donors (Lipinski definition) is 0. The predicted molar refractivity (Wildman–Crippen MR) is 99.3 cm³/mol. The second kappa shape index (κ2) is 4.45. The van der Waals surface area contributed by atoms with E-state index in [4.69, 9.17) is 0 Å². The Morgan fingerprint density at radius 3 is 2.32 bits per heavy atom. The van der Waals surface area contributed by atoms with Crippen molar-refractivity contribution in [3.05, 3.63) is 71.0 Å². The minimum absolute atomic E-state index is 1.11. The predicted octanol–water partition coefficient (Wildman–Crippen LogP) is 5.54. The first kappa shape index (κ1) is 13.1. The number of rotatable bonds is 1. The van der Waals surface area contributed by atoms with Crippen molar-refractivity contribution >= 4 is 45.0 Å². The van der Waals surface area contributed by atoms with Gasteiger partial charge in [0.25, 0.3) is 0 Å². The van der Waals surface area contributed by atoms with E-state index in [0.29, 0.717) is 0 Å². The standard InChI is InChI=1S/C22H18/c1-5-17-13(2)10-12-19-20-14(3)9-11-16-7-6-8-18(22(16)20)15(4)21(17)19/h5-12H,1,4H2,2-3H3. The van der Waals surface area contributed by atoms with E-state index in [9.17, 15) is 0 Å². The second-order valence-corrected chi connectivity index (χ2v) is 6.06. The van der Waals surface area contributed by atoms with E-state index < -0.39 is 0 Å². The number of fused-ring (bicyclic) bond motifs is 2. The largest absolute Gasteiger partial charge is 0.0984 e. The van der Waals surface area contributed by atoms with Crippen molar-refractivity contribution in [1.29, 1.82) is 0 Å². The van der Waals surface area contributed by atoms with Gasteiger partial charge in [0.1, 0.15) is 0 Å². The van der Waals surface area contributed by atoms with Gasteiger partial charge in [-0.2, -0.15) is 0 Å². The molecule has 0 radical (unpaired) electrons. The molecule has 0 aliphatic carbocycles. The van der Waals surface area contributed by atoms with Gasteiger partial charge < -0.3 is 0 Å². The summed E-state index contributed by atoms with van der Waals surface area (Å²) < 4.78 is 0. The molecule has 0 aliphatic rings. The number of aryl methyl sites for hydroxylation is 2. The number of hydrogen-bond acceptors (Lipinski definition) is 0. The SMILES string of the molecule is C=Cc1c(C)ccc2c1c(=C)c1cccc3ccc(C)c2c31. The molecule has 0 aromatic heterocycles. The van der Waals surface area contributed by atoms with Crippen LogP contribution in [0.2, 0.25) is 0 Å². The molecule has 0 aliphatic heterocycles. The van der Waals surface area contributed by atoms with Crippen molar-refractivity contribution in [3.8, 4) is 0 Å². The molecule has 0 spiro atoms. The van der Waals surface area contributed by atoms with Gasteiger partial charge in [0, 0.05) is 0 Å². The molecular formula is C22H18. The third-order valence-electron chi connectivity index (χ3n) is 4.82. The molecule has 0 atom stereocenters. The summed E-state index contributed by atoms with van der Waals surface area (Å²) in [6, 6.07) is 15.3. The van der Waals surface area contributed by atoms with Crippen LogP contribution in [0.1, 0.15) is 16.7 Å². The van der Waals surface area contributed by atoms with Crippen molar-refractivity contribution in [2.45, 2.75) is 13.8 Å². The van der Waals surface area contributed by atoms with Crippen LogP contribution < -0.4 is 5.22 Å². The Balaban J connectivity index is 2.50. The Kier molecular flexibility index (Phi) is 2.65. The van der Waals surface area contributed by atoms with Crippen molar-refractivity contribution in [1.82, 2.24) is 0 Å². The molecular weight excluding hydrogens is 264 g/mol. The van der Waals surface area contributed by atoms with E-state index in [1.54, 1.807) is 0 Å².